The number of hydrogen-bond acceptors (Lipinski definition) is 6. The maximum atomic E-state index is 13.5. The highest BCUT2D eigenvalue weighted by Gasteiger charge is 2.59. The maximum Gasteiger partial charge on any atom is 0.338 e. The van der Waals surface area contributed by atoms with Crippen LogP contribution in [0.1, 0.15) is 129 Å². The molecule has 266 valence electrons. The van der Waals surface area contributed by atoms with E-state index in [0.29, 0.717) is 22.5 Å². The maximum absolute atomic E-state index is 13.5. The molecule has 0 heterocycles. The fraction of sp³-hybridized carbons (Fsp3) is 0.690. The summed E-state index contributed by atoms with van der Waals surface area (Å²) in [6, 6.07) is 5.06. The van der Waals surface area contributed by atoms with Crippen LogP contribution in [-0.2, 0) is 14.2 Å². The molecule has 10 atom stereocenters. The molecule has 4 aliphatic rings. The van der Waals surface area contributed by atoms with Gasteiger partial charge in [-0.05, 0) is 109 Å². The molecule has 48 heavy (non-hydrogen) atoms. The zero-order valence-corrected chi connectivity index (χ0v) is 30.8. The number of rotatable bonds is 15. The van der Waals surface area contributed by atoms with Gasteiger partial charge in [0.25, 0.3) is 0 Å². The van der Waals surface area contributed by atoms with Gasteiger partial charge in [0.1, 0.15) is 6.10 Å². The van der Waals surface area contributed by atoms with E-state index in [1.165, 1.54) is 69.5 Å². The first-order valence-electron chi connectivity index (χ1n) is 18.8. The molecule has 2 unspecified atom stereocenters. The van der Waals surface area contributed by atoms with Crippen molar-refractivity contribution in [3.05, 3.63) is 61.1 Å². The molecule has 0 aromatic heterocycles. The Hall–Kier alpha value is -2.89. The Morgan fingerprint density at radius 1 is 0.896 bits per heavy atom. The largest absolute Gasteiger partial charge is 0.463 e. The smallest absolute Gasteiger partial charge is 0.338 e. The van der Waals surface area contributed by atoms with Crippen LogP contribution in [0.15, 0.2) is 55.5 Å². The van der Waals surface area contributed by atoms with Gasteiger partial charge >= 0.3 is 5.97 Å². The van der Waals surface area contributed by atoms with E-state index >= 15 is 0 Å². The molecule has 0 amide bonds. The van der Waals surface area contributed by atoms with Crippen molar-refractivity contribution >= 4 is 5.97 Å². The summed E-state index contributed by atoms with van der Waals surface area (Å²) in [7, 11) is 0. The van der Waals surface area contributed by atoms with E-state index in [2.05, 4.69) is 53.9 Å². The predicted molar refractivity (Wildman–Crippen MR) is 191 cm³/mol. The summed E-state index contributed by atoms with van der Waals surface area (Å²) in [6.45, 7) is 23.1. The van der Waals surface area contributed by atoms with Gasteiger partial charge in [0.2, 0.25) is 12.6 Å². The first kappa shape index (κ1) is 36.4. The fourth-order valence-corrected chi connectivity index (χ4v) is 10.5. The second-order valence-electron chi connectivity index (χ2n) is 16.2. The highest BCUT2D eigenvalue weighted by atomic mass is 16.7. The molecule has 5 rings (SSSR count). The Morgan fingerprint density at radius 3 is 2.29 bits per heavy atom. The lowest BCUT2D eigenvalue weighted by Crippen LogP contribution is -2.51. The first-order valence-corrected chi connectivity index (χ1v) is 18.8. The SMILES string of the molecule is C=COC(C)Oc1ccc(C(=O)O[C@H]2CC[C@@]3(C)C(=CC[C@H]4[C@@H]5CC[C@H]([C@H](C)CCCC(C)C)[C@@]5(C)CC[C@@H]43)C2)cc1OC(C)OC=C. The van der Waals surface area contributed by atoms with Crippen molar-refractivity contribution in [3.63, 3.8) is 0 Å². The van der Waals surface area contributed by atoms with Gasteiger partial charge in [0, 0.05) is 20.3 Å². The van der Waals surface area contributed by atoms with Gasteiger partial charge in [-0.25, -0.2) is 4.79 Å². The van der Waals surface area contributed by atoms with Crippen LogP contribution in [0.3, 0.4) is 0 Å². The molecule has 0 spiro atoms. The number of allylic oxidation sites excluding steroid dienone is 1. The fourth-order valence-electron chi connectivity index (χ4n) is 10.5. The van der Waals surface area contributed by atoms with Crippen molar-refractivity contribution in [2.75, 3.05) is 0 Å². The highest BCUT2D eigenvalue weighted by molar-refractivity contribution is 5.90. The number of carbonyl (C=O) groups excluding carboxylic acids is 1. The summed E-state index contributed by atoms with van der Waals surface area (Å²) in [5, 5.41) is 0. The quantitative estimate of drug-likeness (QED) is 0.0806. The first-order chi connectivity index (χ1) is 22.9. The Balaban J connectivity index is 1.24. The summed E-state index contributed by atoms with van der Waals surface area (Å²) < 4.78 is 28.7. The van der Waals surface area contributed by atoms with Gasteiger partial charge in [-0.2, -0.15) is 0 Å². The van der Waals surface area contributed by atoms with Crippen molar-refractivity contribution in [1.29, 1.82) is 0 Å². The normalized spacial score (nSPS) is 32.8. The standard InChI is InChI=1S/C42H62O6/c1-10-44-29(6)46-38-20-15-31(25-39(38)47-30(7)45-11-2)40(43)48-33-21-23-41(8)32(26-33)16-17-34-36-19-18-35(28(5)14-12-13-27(3)4)42(36,9)24-22-37(34)41/h10-11,15-16,20,25,27-30,33-37H,1-2,12-14,17-19,21-24,26H2,3-9H3/t28-,29?,30?,33+,34+,35-,36+,37+,41+,42-/m1/s1. The van der Waals surface area contributed by atoms with Crippen LogP contribution in [0.5, 0.6) is 11.5 Å². The molecule has 6 nitrogen and oxygen atoms in total. The lowest BCUT2D eigenvalue weighted by Gasteiger charge is -2.58. The Morgan fingerprint density at radius 2 is 1.60 bits per heavy atom. The van der Waals surface area contributed by atoms with E-state index in [0.717, 1.165) is 54.8 Å². The van der Waals surface area contributed by atoms with Gasteiger partial charge in [0.05, 0.1) is 18.1 Å². The Bertz CT molecular complexity index is 1320. The van der Waals surface area contributed by atoms with E-state index in [4.69, 9.17) is 23.7 Å². The molecule has 1 aromatic carbocycles. The molecular weight excluding hydrogens is 600 g/mol. The summed E-state index contributed by atoms with van der Waals surface area (Å²) in [5.74, 6) is 5.31. The minimum Gasteiger partial charge on any atom is -0.463 e. The summed E-state index contributed by atoms with van der Waals surface area (Å²) in [5.41, 5.74) is 2.63. The number of ether oxygens (including phenoxy) is 5. The molecule has 6 heteroatoms. The lowest BCUT2D eigenvalue weighted by molar-refractivity contribution is -0.0594. The van der Waals surface area contributed by atoms with Gasteiger partial charge < -0.3 is 23.7 Å². The Kier molecular flexibility index (Phi) is 11.6. The molecule has 0 aliphatic heterocycles. The number of benzene rings is 1. The summed E-state index contributed by atoms with van der Waals surface area (Å²) >= 11 is 0. The van der Waals surface area contributed by atoms with E-state index in [9.17, 15) is 4.79 Å². The van der Waals surface area contributed by atoms with E-state index in [1.807, 2.05) is 0 Å². The third-order valence-electron chi connectivity index (χ3n) is 12.9. The van der Waals surface area contributed by atoms with Crippen molar-refractivity contribution in [1.82, 2.24) is 0 Å². The second kappa shape index (κ2) is 15.3. The number of carbonyl (C=O) groups is 1. The van der Waals surface area contributed by atoms with Crippen LogP contribution in [0.25, 0.3) is 0 Å². The van der Waals surface area contributed by atoms with E-state index in [-0.39, 0.29) is 17.5 Å². The van der Waals surface area contributed by atoms with Crippen molar-refractivity contribution in [3.8, 4) is 11.5 Å². The number of esters is 1. The van der Waals surface area contributed by atoms with Crippen molar-refractivity contribution in [2.24, 2.45) is 46.3 Å². The molecule has 3 saturated carbocycles. The van der Waals surface area contributed by atoms with Gasteiger partial charge in [-0.15, -0.1) is 0 Å². The lowest BCUT2D eigenvalue weighted by atomic mass is 9.47. The van der Waals surface area contributed by atoms with Crippen LogP contribution in [0.4, 0.5) is 0 Å². The van der Waals surface area contributed by atoms with Crippen LogP contribution < -0.4 is 9.47 Å². The van der Waals surface area contributed by atoms with E-state index < -0.39 is 12.6 Å². The molecule has 0 radical (unpaired) electrons. The van der Waals surface area contributed by atoms with Crippen LogP contribution in [0, 0.1) is 46.3 Å². The third-order valence-corrected chi connectivity index (χ3v) is 12.9. The molecule has 1 aromatic rings. The molecular formula is C42H62O6. The van der Waals surface area contributed by atoms with Crippen molar-refractivity contribution < 1.29 is 28.5 Å². The highest BCUT2D eigenvalue weighted by Crippen LogP contribution is 2.67. The molecule has 4 aliphatic carbocycles. The molecule has 3 fully saturated rings. The molecule has 0 N–H and O–H groups in total. The minimum atomic E-state index is -0.629. The molecule has 0 bridgehead atoms. The van der Waals surface area contributed by atoms with Crippen LogP contribution in [-0.4, -0.2) is 24.7 Å². The van der Waals surface area contributed by atoms with Crippen LogP contribution in [0.2, 0.25) is 0 Å². The van der Waals surface area contributed by atoms with Crippen molar-refractivity contribution in [2.45, 2.75) is 138 Å². The average molecular weight is 663 g/mol. The zero-order valence-electron chi connectivity index (χ0n) is 30.8. The van der Waals surface area contributed by atoms with Gasteiger partial charge in [-0.3, -0.25) is 0 Å². The monoisotopic (exact) mass is 662 g/mol. The van der Waals surface area contributed by atoms with Crippen LogP contribution >= 0.6 is 0 Å². The summed E-state index contributed by atoms with van der Waals surface area (Å²) in [6.07, 6.45) is 17.5. The topological polar surface area (TPSA) is 63.2 Å². The second-order valence-corrected chi connectivity index (χ2v) is 16.2. The molecule has 0 saturated heterocycles. The number of hydrogen-bond donors (Lipinski definition) is 0. The number of fused-ring (bicyclic) bond motifs is 5. The average Bonchev–Trinajstić information content (AvgIpc) is 3.39. The Labute approximate surface area is 290 Å². The van der Waals surface area contributed by atoms with E-state index in [1.54, 1.807) is 32.0 Å². The van der Waals surface area contributed by atoms with Gasteiger partial charge in [-0.1, -0.05) is 78.7 Å². The zero-order chi connectivity index (χ0) is 34.6. The third kappa shape index (κ3) is 7.63. The van der Waals surface area contributed by atoms with Gasteiger partial charge in [0.15, 0.2) is 11.5 Å². The minimum absolute atomic E-state index is 0.130. The predicted octanol–water partition coefficient (Wildman–Crippen LogP) is 11.0. The summed E-state index contributed by atoms with van der Waals surface area (Å²) in [4.78, 5) is 13.5.